The summed E-state index contributed by atoms with van der Waals surface area (Å²) < 4.78 is 2.22. The Balaban J connectivity index is 1.01. The summed E-state index contributed by atoms with van der Waals surface area (Å²) in [5.41, 5.74) is 16.9. The van der Waals surface area contributed by atoms with E-state index < -0.39 is 0 Å². The maximum atomic E-state index is 5.23. The number of rotatable bonds is 7. The minimum atomic E-state index is -0.201. The van der Waals surface area contributed by atoms with E-state index in [0.29, 0.717) is 5.95 Å². The molecule has 0 amide bonds. The molecular weight excluding hydrogens is 717 g/mol. The van der Waals surface area contributed by atoms with Gasteiger partial charge in [-0.2, -0.15) is 0 Å². The highest BCUT2D eigenvalue weighted by Gasteiger charge is 2.36. The van der Waals surface area contributed by atoms with Crippen LogP contribution in [-0.2, 0) is 5.41 Å². The summed E-state index contributed by atoms with van der Waals surface area (Å²) in [6.45, 7) is 4.73. The van der Waals surface area contributed by atoms with E-state index in [1.807, 2.05) is 12.1 Å². The van der Waals surface area contributed by atoms with Gasteiger partial charge in [0.2, 0.25) is 5.95 Å². The molecule has 0 N–H and O–H groups in total. The molecule has 0 atom stereocenters. The van der Waals surface area contributed by atoms with Crippen LogP contribution < -0.4 is 4.90 Å². The van der Waals surface area contributed by atoms with Crippen LogP contribution >= 0.6 is 0 Å². The standard InChI is InChI=1S/C55H40N4/c1-55(2)48-34-40(27-30-44(48)45-31-29-43(35-49(45)55)58(41-21-11-5-12-22-41)42-23-13-6-14-24-42)39-28-32-53-47(33-39)46-25-15-16-26-52(46)59(53)54-56-50(37-17-7-3-8-18-37)36-51(57-54)38-19-9-4-10-20-38/h3-36H,1-2H3. The van der Waals surface area contributed by atoms with Gasteiger partial charge in [-0.15, -0.1) is 0 Å². The van der Waals surface area contributed by atoms with Gasteiger partial charge in [0.15, 0.2) is 0 Å². The number of benzene rings is 8. The van der Waals surface area contributed by atoms with Crippen LogP contribution in [0, 0.1) is 0 Å². The second-order valence-electron chi connectivity index (χ2n) is 15.9. The van der Waals surface area contributed by atoms with Crippen molar-refractivity contribution in [3.05, 3.63) is 217 Å². The first-order valence-corrected chi connectivity index (χ1v) is 20.2. The highest BCUT2D eigenvalue weighted by atomic mass is 15.2. The molecule has 8 aromatic carbocycles. The van der Waals surface area contributed by atoms with Gasteiger partial charge in [-0.05, 0) is 100 Å². The Labute approximate surface area is 344 Å². The van der Waals surface area contributed by atoms with Crippen molar-refractivity contribution in [1.29, 1.82) is 0 Å². The van der Waals surface area contributed by atoms with Crippen molar-refractivity contribution in [1.82, 2.24) is 14.5 Å². The molecule has 2 heterocycles. The zero-order valence-electron chi connectivity index (χ0n) is 32.9. The Hall–Kier alpha value is -7.56. The van der Waals surface area contributed by atoms with Crippen LogP contribution in [0.1, 0.15) is 25.0 Å². The van der Waals surface area contributed by atoms with Crippen LogP contribution in [0.5, 0.6) is 0 Å². The third-order valence-electron chi connectivity index (χ3n) is 12.0. The predicted molar refractivity (Wildman–Crippen MR) is 245 cm³/mol. The maximum Gasteiger partial charge on any atom is 0.235 e. The van der Waals surface area contributed by atoms with E-state index in [2.05, 4.69) is 217 Å². The molecule has 0 spiro atoms. The number of anilines is 3. The van der Waals surface area contributed by atoms with Gasteiger partial charge in [0, 0.05) is 44.4 Å². The summed E-state index contributed by atoms with van der Waals surface area (Å²) in [7, 11) is 0. The summed E-state index contributed by atoms with van der Waals surface area (Å²) in [6, 6.07) is 73.6. The van der Waals surface area contributed by atoms with Gasteiger partial charge >= 0.3 is 0 Å². The van der Waals surface area contributed by atoms with E-state index in [-0.39, 0.29) is 5.41 Å². The van der Waals surface area contributed by atoms with Crippen molar-refractivity contribution in [2.45, 2.75) is 19.3 Å². The van der Waals surface area contributed by atoms with Crippen LogP contribution in [0.25, 0.3) is 72.5 Å². The Bertz CT molecular complexity index is 3070. The van der Waals surface area contributed by atoms with E-state index in [4.69, 9.17) is 9.97 Å². The maximum absolute atomic E-state index is 5.23. The first kappa shape index (κ1) is 34.7. The van der Waals surface area contributed by atoms with Gasteiger partial charge in [0.1, 0.15) is 0 Å². The van der Waals surface area contributed by atoms with Crippen LogP contribution in [0.2, 0.25) is 0 Å². The molecule has 11 rings (SSSR count). The lowest BCUT2D eigenvalue weighted by Crippen LogP contribution is -2.16. The molecule has 0 aliphatic heterocycles. The lowest BCUT2D eigenvalue weighted by Gasteiger charge is -2.28. The summed E-state index contributed by atoms with van der Waals surface area (Å²) in [4.78, 5) is 12.8. The SMILES string of the molecule is CC1(C)c2cc(-c3ccc4c(c3)c3ccccc3n4-c3nc(-c4ccccc4)cc(-c4ccccc4)n3)ccc2-c2ccc(N(c3ccccc3)c3ccccc3)cc21. The molecule has 59 heavy (non-hydrogen) atoms. The molecule has 280 valence electrons. The van der Waals surface area contributed by atoms with Gasteiger partial charge < -0.3 is 4.90 Å². The van der Waals surface area contributed by atoms with E-state index in [9.17, 15) is 0 Å². The van der Waals surface area contributed by atoms with Crippen molar-refractivity contribution in [3.8, 4) is 50.7 Å². The fraction of sp³-hybridized carbons (Fsp3) is 0.0545. The second kappa shape index (κ2) is 13.8. The smallest absolute Gasteiger partial charge is 0.235 e. The normalized spacial score (nSPS) is 12.7. The van der Waals surface area contributed by atoms with Gasteiger partial charge in [0.25, 0.3) is 0 Å². The summed E-state index contributed by atoms with van der Waals surface area (Å²) in [5, 5.41) is 2.34. The number of hydrogen-bond donors (Lipinski definition) is 0. The van der Waals surface area contributed by atoms with Gasteiger partial charge in [-0.1, -0.05) is 153 Å². The number of aromatic nitrogens is 3. The molecule has 0 fully saturated rings. The van der Waals surface area contributed by atoms with Gasteiger partial charge in [0.05, 0.1) is 22.4 Å². The quantitative estimate of drug-likeness (QED) is 0.162. The van der Waals surface area contributed by atoms with Crippen LogP contribution in [-0.4, -0.2) is 14.5 Å². The van der Waals surface area contributed by atoms with Crippen molar-refractivity contribution < 1.29 is 0 Å². The fourth-order valence-corrected chi connectivity index (χ4v) is 9.06. The molecule has 4 nitrogen and oxygen atoms in total. The van der Waals surface area contributed by atoms with E-state index >= 15 is 0 Å². The average molecular weight is 757 g/mol. The van der Waals surface area contributed by atoms with Crippen molar-refractivity contribution in [3.63, 3.8) is 0 Å². The number of fused-ring (bicyclic) bond motifs is 6. The molecule has 0 saturated heterocycles. The summed E-state index contributed by atoms with van der Waals surface area (Å²) >= 11 is 0. The van der Waals surface area contributed by atoms with Crippen LogP contribution in [0.3, 0.4) is 0 Å². The number of nitrogens with zero attached hydrogens (tertiary/aromatic N) is 4. The Kier molecular flexibility index (Phi) is 8.12. The molecule has 1 aliphatic carbocycles. The topological polar surface area (TPSA) is 34.0 Å². The van der Waals surface area contributed by atoms with E-state index in [1.54, 1.807) is 0 Å². The zero-order valence-corrected chi connectivity index (χ0v) is 32.9. The highest BCUT2D eigenvalue weighted by molar-refractivity contribution is 6.10. The molecule has 0 saturated carbocycles. The first-order chi connectivity index (χ1) is 29.0. The van der Waals surface area contributed by atoms with Gasteiger partial charge in [-0.3, -0.25) is 4.57 Å². The van der Waals surface area contributed by atoms with Crippen LogP contribution in [0.15, 0.2) is 206 Å². The monoisotopic (exact) mass is 756 g/mol. The average Bonchev–Trinajstić information content (AvgIpc) is 3.75. The lowest BCUT2D eigenvalue weighted by atomic mass is 9.81. The van der Waals surface area contributed by atoms with E-state index in [1.165, 1.54) is 44.2 Å². The number of hydrogen-bond acceptors (Lipinski definition) is 3. The summed E-state index contributed by atoms with van der Waals surface area (Å²) in [6.07, 6.45) is 0. The molecule has 4 heteroatoms. The largest absolute Gasteiger partial charge is 0.310 e. The zero-order chi connectivity index (χ0) is 39.5. The Morgan fingerprint density at radius 2 is 0.881 bits per heavy atom. The van der Waals surface area contributed by atoms with Crippen molar-refractivity contribution in [2.24, 2.45) is 0 Å². The van der Waals surface area contributed by atoms with Crippen LogP contribution in [0.4, 0.5) is 17.1 Å². The third-order valence-corrected chi connectivity index (χ3v) is 12.0. The number of para-hydroxylation sites is 3. The first-order valence-electron chi connectivity index (χ1n) is 20.2. The Morgan fingerprint density at radius 3 is 1.51 bits per heavy atom. The molecule has 0 bridgehead atoms. The van der Waals surface area contributed by atoms with Gasteiger partial charge in [-0.25, -0.2) is 9.97 Å². The highest BCUT2D eigenvalue weighted by Crippen LogP contribution is 2.52. The molecule has 0 unspecified atom stereocenters. The molecule has 2 aromatic heterocycles. The second-order valence-corrected chi connectivity index (χ2v) is 15.9. The minimum absolute atomic E-state index is 0.201. The molecule has 1 aliphatic rings. The predicted octanol–water partition coefficient (Wildman–Crippen LogP) is 14.4. The van der Waals surface area contributed by atoms with Crippen molar-refractivity contribution in [2.75, 3.05) is 4.90 Å². The summed E-state index contributed by atoms with van der Waals surface area (Å²) in [5.74, 6) is 0.652. The molecule has 0 radical (unpaired) electrons. The minimum Gasteiger partial charge on any atom is -0.310 e. The fourth-order valence-electron chi connectivity index (χ4n) is 9.06. The molecular formula is C55H40N4. The Morgan fingerprint density at radius 1 is 0.390 bits per heavy atom. The van der Waals surface area contributed by atoms with Crippen molar-refractivity contribution >= 4 is 38.9 Å². The lowest BCUT2D eigenvalue weighted by molar-refractivity contribution is 0.660. The van der Waals surface area contributed by atoms with E-state index in [0.717, 1.165) is 50.6 Å². The molecule has 10 aromatic rings. The third kappa shape index (κ3) is 5.83.